The van der Waals surface area contributed by atoms with Crippen LogP contribution in [0.15, 0.2) is 71.0 Å². The first kappa shape index (κ1) is 24.7. The van der Waals surface area contributed by atoms with Gasteiger partial charge < -0.3 is 25.3 Å². The third-order valence-corrected chi connectivity index (χ3v) is 4.43. The number of alkyl halides is 3. The first-order valence-corrected chi connectivity index (χ1v) is 10.5. The van der Waals surface area contributed by atoms with Crippen LogP contribution in [0, 0.1) is 0 Å². The van der Waals surface area contributed by atoms with Crippen molar-refractivity contribution in [3.8, 4) is 11.5 Å². The third kappa shape index (κ3) is 8.93. The summed E-state index contributed by atoms with van der Waals surface area (Å²) in [5, 5.41) is 5.66. The van der Waals surface area contributed by atoms with Crippen molar-refractivity contribution in [3.63, 3.8) is 0 Å². The molecule has 0 amide bonds. The zero-order chi connectivity index (χ0) is 24.4. The van der Waals surface area contributed by atoms with E-state index >= 15 is 0 Å². The predicted molar refractivity (Wildman–Crippen MR) is 124 cm³/mol. The fourth-order valence-corrected chi connectivity index (χ4v) is 2.79. The summed E-state index contributed by atoms with van der Waals surface area (Å²) in [7, 11) is 0. The molecule has 4 aliphatic heterocycles. The van der Waals surface area contributed by atoms with Gasteiger partial charge in [-0.05, 0) is 61.4 Å². The second-order valence-electron chi connectivity index (χ2n) is 7.28. The van der Waals surface area contributed by atoms with Crippen molar-refractivity contribution in [2.24, 2.45) is 15.7 Å². The zero-order valence-electron chi connectivity index (χ0n) is 18.4. The van der Waals surface area contributed by atoms with Crippen molar-refractivity contribution >= 4 is 17.6 Å². The molecule has 0 aromatic heterocycles. The number of aliphatic imine (C=N–C) groups is 2. The van der Waals surface area contributed by atoms with Crippen LogP contribution in [-0.4, -0.2) is 37.9 Å². The molecule has 4 heterocycles. The third-order valence-electron chi connectivity index (χ3n) is 4.43. The Hall–Kier alpha value is -3.89. The summed E-state index contributed by atoms with van der Waals surface area (Å²) in [6.07, 6.45) is -2.85. The number of benzene rings is 2. The van der Waals surface area contributed by atoms with E-state index in [1.165, 1.54) is 0 Å². The van der Waals surface area contributed by atoms with Gasteiger partial charge in [-0.3, -0.25) is 5.32 Å². The van der Waals surface area contributed by atoms with Gasteiger partial charge in [0, 0.05) is 5.69 Å². The maximum atomic E-state index is 12.4. The van der Waals surface area contributed by atoms with E-state index in [0.29, 0.717) is 24.7 Å². The Morgan fingerprint density at radius 1 is 1.00 bits per heavy atom. The van der Waals surface area contributed by atoms with Gasteiger partial charge in [0.15, 0.2) is 12.6 Å². The molecule has 0 radical (unpaired) electrons. The topological polar surface area (TPSA) is 102 Å². The van der Waals surface area contributed by atoms with E-state index in [1.54, 1.807) is 24.3 Å². The van der Waals surface area contributed by atoms with Crippen LogP contribution in [0.4, 0.5) is 18.9 Å². The van der Waals surface area contributed by atoms with Gasteiger partial charge in [-0.15, -0.1) is 0 Å². The van der Waals surface area contributed by atoms with E-state index in [0.717, 1.165) is 24.2 Å². The van der Waals surface area contributed by atoms with Crippen molar-refractivity contribution < 1.29 is 27.4 Å². The van der Waals surface area contributed by atoms with Crippen molar-refractivity contribution in [3.05, 3.63) is 66.6 Å². The van der Waals surface area contributed by atoms with Gasteiger partial charge in [-0.2, -0.15) is 18.2 Å². The Balaban J connectivity index is 1.79. The quantitative estimate of drug-likeness (QED) is 0.574. The Labute approximate surface area is 195 Å². The lowest BCUT2D eigenvalue weighted by atomic mass is 10.2. The van der Waals surface area contributed by atoms with Crippen molar-refractivity contribution in [2.45, 2.75) is 25.6 Å². The summed E-state index contributed by atoms with van der Waals surface area (Å²) in [6.45, 7) is 3.28. The number of anilines is 1. The van der Waals surface area contributed by atoms with Gasteiger partial charge in [0.25, 0.3) is 0 Å². The number of hydrogen-bond acceptors (Lipinski definition) is 6. The Morgan fingerprint density at radius 2 is 1.59 bits per heavy atom. The fraction of sp³-hybridized carbons (Fsp3) is 0.304. The van der Waals surface area contributed by atoms with Crippen LogP contribution < -0.4 is 25.8 Å². The zero-order valence-corrected chi connectivity index (χ0v) is 18.4. The van der Waals surface area contributed by atoms with Gasteiger partial charge in [0.1, 0.15) is 11.5 Å². The number of halogens is 3. The Morgan fingerprint density at radius 3 is 2.18 bits per heavy atom. The van der Waals surface area contributed by atoms with Gasteiger partial charge >= 0.3 is 6.18 Å². The molecule has 0 saturated heterocycles. The Kier molecular flexibility index (Phi) is 8.60. The minimum absolute atomic E-state index is 0.00967. The second-order valence-corrected chi connectivity index (χ2v) is 7.28. The summed E-state index contributed by atoms with van der Waals surface area (Å²) in [4.78, 5) is 8.19. The van der Waals surface area contributed by atoms with Crippen molar-refractivity contribution in [2.75, 3.05) is 25.1 Å². The van der Waals surface area contributed by atoms with Crippen LogP contribution in [0.2, 0.25) is 0 Å². The molecule has 182 valence electrons. The lowest BCUT2D eigenvalue weighted by molar-refractivity contribution is -0.164. The number of nitrogens with zero attached hydrogens (tertiary/aromatic N) is 2. The number of hydrogen-bond donors (Lipinski definition) is 3. The highest BCUT2D eigenvalue weighted by molar-refractivity contribution is 6.05. The van der Waals surface area contributed by atoms with Crippen LogP contribution in [-0.2, 0) is 11.3 Å². The average molecular weight is 477 g/mol. The molecule has 0 atom stereocenters. The lowest BCUT2D eigenvalue weighted by Gasteiger charge is -2.14. The molecule has 4 N–H and O–H groups in total. The van der Waals surface area contributed by atoms with E-state index in [2.05, 4.69) is 31.9 Å². The highest BCUT2D eigenvalue weighted by Gasteiger charge is 2.28. The molecule has 2 aromatic carbocycles. The minimum atomic E-state index is -4.52. The molecule has 11 heteroatoms. The van der Waals surface area contributed by atoms with Crippen LogP contribution >= 0.6 is 0 Å². The molecular weight excluding hydrogens is 451 g/mol. The molecule has 0 aliphatic carbocycles. The lowest BCUT2D eigenvalue weighted by Crippen LogP contribution is -2.41. The molecule has 0 spiro atoms. The molecule has 0 unspecified atom stereocenters. The van der Waals surface area contributed by atoms with E-state index in [-0.39, 0.29) is 18.5 Å². The molecule has 8 nitrogen and oxygen atoms in total. The number of rotatable bonds is 3. The van der Waals surface area contributed by atoms with Crippen LogP contribution in [0.3, 0.4) is 0 Å². The standard InChI is InChI=1S/C23H26F3N5O3/c1-16(34-15-23(24,25)26)29-22-30-18-6-10-20(11-7-18)33-13-3-2-12-32-19-8-4-17(5-9-19)14-28-21(27)31-22/h4-11H,1-3,12-15H2,(H4,27,28,29,30,31). The number of nitrogens with one attached hydrogen (secondary N) is 2. The normalized spacial score (nSPS) is 16.4. The predicted octanol–water partition coefficient (Wildman–Crippen LogP) is 4.16. The molecule has 2 aromatic rings. The second kappa shape index (κ2) is 11.8. The molecule has 4 aliphatic rings. The molecule has 6 rings (SSSR count). The summed E-state index contributed by atoms with van der Waals surface area (Å²) in [6, 6.07) is 14.4. The Bertz CT molecular complexity index is 1010. The molecule has 0 fully saturated rings. The maximum Gasteiger partial charge on any atom is 0.422 e. The van der Waals surface area contributed by atoms with Crippen LogP contribution in [0.25, 0.3) is 0 Å². The highest BCUT2D eigenvalue weighted by Crippen LogP contribution is 2.18. The smallest absolute Gasteiger partial charge is 0.422 e. The fourth-order valence-electron chi connectivity index (χ4n) is 2.79. The minimum Gasteiger partial charge on any atom is -0.494 e. The average Bonchev–Trinajstić information content (AvgIpc) is 2.79. The number of nitrogens with two attached hydrogens (primary N) is 1. The van der Waals surface area contributed by atoms with Crippen molar-refractivity contribution in [1.82, 2.24) is 5.32 Å². The van der Waals surface area contributed by atoms with Gasteiger partial charge in [-0.1, -0.05) is 12.1 Å². The molecular formula is C23H26F3N5O3. The molecule has 0 saturated carbocycles. The van der Waals surface area contributed by atoms with E-state index in [1.807, 2.05) is 24.3 Å². The van der Waals surface area contributed by atoms with Crippen LogP contribution in [0.5, 0.6) is 11.5 Å². The number of ether oxygens (including phenoxy) is 3. The van der Waals surface area contributed by atoms with Crippen LogP contribution in [0.1, 0.15) is 18.4 Å². The first-order valence-electron chi connectivity index (χ1n) is 10.5. The SMILES string of the molecule is C=C(N=C1NC(N)=NCc2ccc(cc2)OCCCCOc2ccc(cc2)N1)OCC(F)(F)F. The van der Waals surface area contributed by atoms with Gasteiger partial charge in [0.05, 0.1) is 19.8 Å². The molecule has 34 heavy (non-hydrogen) atoms. The summed E-state index contributed by atoms with van der Waals surface area (Å²) in [5.41, 5.74) is 7.43. The monoisotopic (exact) mass is 477 g/mol. The first-order chi connectivity index (χ1) is 16.3. The maximum absolute atomic E-state index is 12.4. The summed E-state index contributed by atoms with van der Waals surface area (Å²) in [5.74, 6) is 0.942. The summed E-state index contributed by atoms with van der Waals surface area (Å²) < 4.78 is 53.4. The summed E-state index contributed by atoms with van der Waals surface area (Å²) >= 11 is 0. The van der Waals surface area contributed by atoms with Crippen molar-refractivity contribution in [1.29, 1.82) is 0 Å². The highest BCUT2D eigenvalue weighted by atomic mass is 19.4. The van der Waals surface area contributed by atoms with E-state index < -0.39 is 18.7 Å². The van der Waals surface area contributed by atoms with E-state index in [4.69, 9.17) is 15.2 Å². The largest absolute Gasteiger partial charge is 0.494 e. The number of guanidine groups is 2. The van der Waals surface area contributed by atoms with Gasteiger partial charge in [-0.25, -0.2) is 4.99 Å². The molecule has 4 bridgehead atoms. The van der Waals surface area contributed by atoms with E-state index in [9.17, 15) is 13.2 Å². The van der Waals surface area contributed by atoms with Gasteiger partial charge in [0.2, 0.25) is 11.8 Å².